The number of hydrogen-bond donors (Lipinski definition) is 3. The van der Waals surface area contributed by atoms with Crippen LogP contribution in [0.4, 0.5) is 0 Å². The fourth-order valence-electron chi connectivity index (χ4n) is 23.3. The van der Waals surface area contributed by atoms with Crippen LogP contribution < -0.4 is 11.1 Å². The predicted octanol–water partition coefficient (Wildman–Crippen LogP) is 14.4. The Morgan fingerprint density at radius 3 is 1.15 bits per heavy atom. The number of nitrogens with one attached hydrogen (secondary N) is 1. The van der Waals surface area contributed by atoms with Crippen LogP contribution in [0.1, 0.15) is 329 Å². The lowest BCUT2D eigenvalue weighted by Gasteiger charge is -2.43. The monoisotopic (exact) mass is 1520 g/mol. The largest absolute Gasteiger partial charge is 0.480 e. The second-order valence-electron chi connectivity index (χ2n) is 40.9. The van der Waals surface area contributed by atoms with Gasteiger partial charge in [0.05, 0.1) is 30.2 Å². The van der Waals surface area contributed by atoms with Crippen LogP contribution in [0.25, 0.3) is 0 Å². The van der Waals surface area contributed by atoms with Crippen LogP contribution in [0.2, 0.25) is 0 Å². The van der Waals surface area contributed by atoms with Crippen LogP contribution in [0.5, 0.6) is 0 Å². The van der Waals surface area contributed by atoms with E-state index in [4.69, 9.17) is 10.8 Å². The molecule has 8 saturated carbocycles. The third-order valence-electron chi connectivity index (χ3n) is 31.6. The zero-order valence-electron chi connectivity index (χ0n) is 70.3. The quantitative estimate of drug-likeness (QED) is 0.0515. The number of Topliss-reactive ketones (excluding diaryl/α,β-unsaturated/α-hetero) is 8. The van der Waals surface area contributed by atoms with Gasteiger partial charge >= 0.3 is 5.97 Å². The van der Waals surface area contributed by atoms with Gasteiger partial charge < -0.3 is 26.0 Å². The molecule has 612 valence electrons. The molecule has 0 unspecified atom stereocenters. The molecule has 0 aromatic carbocycles. The van der Waals surface area contributed by atoms with Crippen molar-refractivity contribution in [2.24, 2.45) is 96.4 Å². The summed E-state index contributed by atoms with van der Waals surface area (Å²) in [7, 11) is 0. The molecule has 4 spiro atoms. The molecule has 19 heteroatoms. The number of amides is 3. The van der Waals surface area contributed by atoms with Crippen molar-refractivity contribution >= 4 is 70.0 Å². The van der Waals surface area contributed by atoms with Crippen LogP contribution in [0, 0.1) is 90.7 Å². The van der Waals surface area contributed by atoms with E-state index in [1.54, 1.807) is 0 Å². The Hall–Kier alpha value is -4.88. The van der Waals surface area contributed by atoms with Crippen molar-refractivity contribution in [2.45, 2.75) is 377 Å². The number of carbonyl (C=O) groups excluding carboxylic acids is 11. The number of carboxylic acids is 1. The SMILES string of the molecule is CC(C)N1CC[C@H]1C(=O)O.CCC[C@H](CC(=O)[C@@H]1C[C@@]2(CN1C(=O)[C@@H](CC(=O)[C@@H](N)C1CCCCC1)C(C)(C)C)C(C)(C)C21CCC1)C(=O)C(=O)CC1CC1.CCC[C@H](CC(=O)[C@@H]1C[C@@]2(CN1C(=O)[C@@H](CC(=O)[C@@H](NC(=O)[C@@H]1CCN1C(C)C)C1CCCCC1)C(C)(C)C)C(C)(C)C21CCC1)C(=O)C(=O)CC1CC1. The second-order valence-corrected chi connectivity index (χ2v) is 40.9. The molecule has 8 aliphatic carbocycles. The topological polar surface area (TPSA) is 276 Å². The van der Waals surface area contributed by atoms with Crippen LogP contribution in [-0.2, 0) is 57.5 Å². The minimum absolute atomic E-state index is 0.00665. The summed E-state index contributed by atoms with van der Waals surface area (Å²) < 4.78 is 0. The van der Waals surface area contributed by atoms with E-state index in [0.29, 0.717) is 75.9 Å². The second kappa shape index (κ2) is 33.9. The van der Waals surface area contributed by atoms with Gasteiger partial charge in [0.25, 0.3) is 0 Å². The van der Waals surface area contributed by atoms with Gasteiger partial charge in [-0.25, -0.2) is 0 Å². The molecule has 4 saturated heterocycles. The van der Waals surface area contributed by atoms with Crippen LogP contribution in [-0.4, -0.2) is 169 Å². The first-order valence-electron chi connectivity index (χ1n) is 43.8. The Balaban J connectivity index is 0.000000208. The third-order valence-corrected chi connectivity index (χ3v) is 31.6. The number of rotatable bonds is 33. The summed E-state index contributed by atoms with van der Waals surface area (Å²) in [5.74, 6) is -4.61. The van der Waals surface area contributed by atoms with Crippen LogP contribution in [0.15, 0.2) is 0 Å². The molecule has 12 aliphatic rings. The Bertz CT molecular complexity index is 3380. The van der Waals surface area contributed by atoms with Crippen molar-refractivity contribution in [1.29, 1.82) is 0 Å². The summed E-state index contributed by atoms with van der Waals surface area (Å²) in [6.07, 6.45) is 26.8. The molecule has 0 aromatic rings. The number of carboxylic acid groups (broad SMARTS) is 1. The van der Waals surface area contributed by atoms with Crippen molar-refractivity contribution in [3.63, 3.8) is 0 Å². The maximum absolute atomic E-state index is 15.2. The molecule has 0 radical (unpaired) electrons. The van der Waals surface area contributed by atoms with E-state index in [1.807, 2.05) is 83.9 Å². The number of ketones is 8. The zero-order chi connectivity index (χ0) is 80.1. The van der Waals surface area contributed by atoms with Gasteiger partial charge in [-0.3, -0.25) is 67.3 Å². The van der Waals surface area contributed by atoms with Gasteiger partial charge in [-0.15, -0.1) is 0 Å². The van der Waals surface area contributed by atoms with Crippen molar-refractivity contribution in [2.75, 3.05) is 26.2 Å². The number of fused-ring (bicyclic) bond motifs is 2. The van der Waals surface area contributed by atoms with Gasteiger partial charge in [0.2, 0.25) is 29.3 Å². The Morgan fingerprint density at radius 1 is 0.468 bits per heavy atom. The lowest BCUT2D eigenvalue weighted by molar-refractivity contribution is -0.149. The van der Waals surface area contributed by atoms with E-state index in [1.165, 1.54) is 12.8 Å². The van der Waals surface area contributed by atoms with E-state index in [0.717, 1.165) is 142 Å². The molecule has 12 fully saturated rings. The molecule has 0 bridgehead atoms. The molecule has 12 rings (SSSR count). The van der Waals surface area contributed by atoms with E-state index in [-0.39, 0.29) is 147 Å². The summed E-state index contributed by atoms with van der Waals surface area (Å²) in [4.78, 5) is 172. The van der Waals surface area contributed by atoms with Crippen molar-refractivity contribution in [3.8, 4) is 0 Å². The number of nitrogens with zero attached hydrogens (tertiary/aromatic N) is 4. The summed E-state index contributed by atoms with van der Waals surface area (Å²) in [6.45, 7) is 36.2. The van der Waals surface area contributed by atoms with Gasteiger partial charge in [0.15, 0.2) is 34.7 Å². The lowest BCUT2D eigenvalue weighted by atomic mass is 9.73. The third kappa shape index (κ3) is 17.3. The zero-order valence-corrected chi connectivity index (χ0v) is 70.3. The molecule has 0 aromatic heterocycles. The van der Waals surface area contributed by atoms with Gasteiger partial charge in [0.1, 0.15) is 6.04 Å². The van der Waals surface area contributed by atoms with E-state index >= 15 is 4.79 Å². The fraction of sp³-hybridized carbons (Fsp3) is 0.867. The summed E-state index contributed by atoms with van der Waals surface area (Å²) >= 11 is 0. The average Bonchev–Trinajstić information content (AvgIpc) is 1.46. The molecule has 4 N–H and O–H groups in total. The number of nitrogens with two attached hydrogens (primary N) is 1. The van der Waals surface area contributed by atoms with Crippen molar-refractivity contribution in [1.82, 2.24) is 24.9 Å². The first kappa shape index (κ1) is 86.5. The molecule has 12 atom stereocenters. The molecule has 4 heterocycles. The van der Waals surface area contributed by atoms with Gasteiger partial charge in [-0.05, 0) is 199 Å². The first-order valence-corrected chi connectivity index (χ1v) is 43.8. The van der Waals surface area contributed by atoms with Crippen LogP contribution >= 0.6 is 0 Å². The van der Waals surface area contributed by atoms with Gasteiger partial charge in [0, 0.05) is 111 Å². The van der Waals surface area contributed by atoms with Crippen LogP contribution in [0.3, 0.4) is 0 Å². The highest BCUT2D eigenvalue weighted by molar-refractivity contribution is 6.39. The van der Waals surface area contributed by atoms with E-state index in [9.17, 15) is 52.7 Å². The number of carbonyl (C=O) groups is 12. The summed E-state index contributed by atoms with van der Waals surface area (Å²) in [5.41, 5.74) is 5.38. The minimum Gasteiger partial charge on any atom is -0.480 e. The number of hydrogen-bond acceptors (Lipinski definition) is 15. The normalized spacial score (nSPS) is 29.0. The van der Waals surface area contributed by atoms with Crippen molar-refractivity contribution in [3.05, 3.63) is 0 Å². The minimum atomic E-state index is -0.683. The highest BCUT2D eigenvalue weighted by Gasteiger charge is 2.86. The molecular weight excluding hydrogens is 1370 g/mol. The Morgan fingerprint density at radius 2 is 0.844 bits per heavy atom. The maximum atomic E-state index is 15.2. The summed E-state index contributed by atoms with van der Waals surface area (Å²) in [6, 6.07) is -2.33. The standard InChI is InChI=1S/C45H71N3O6.C38H60N2O5.C7H13NO2/c1-9-14-31(39(52)37(51)23-29-17-18-29)24-35(49)34-26-45(43(7,8)44(45)20-13-21-44)27-48(34)41(54)32(42(4,5)6)25-36(50)38(30-15-11-10-12-16-30)46-40(53)33-19-22-47(33)28(2)3;1-7-12-26(33(44)31(43)19-24-15-16-24)20-29(41)28-22-38(36(5,6)37(38)17-11-18-37)23-40(28)34(45)27(35(2,3)4)21-30(42)32(39)25-13-9-8-10-14-25;1-5(2)8-4-3-6(8)7(9)10/h28-34,38H,9-27H2,1-8H3,(H,46,53);24-28,32H,7-23,39H2,1-6H3;5-6H,3-4H2,1-2H3,(H,9,10)/t31-,32-,33+,34+,38+,45-;26-,27-,28+,32+,38-;6-/m110/s1. The van der Waals surface area contributed by atoms with Gasteiger partial charge in [-0.2, -0.15) is 0 Å². The van der Waals surface area contributed by atoms with E-state index < -0.39 is 76.2 Å². The molecule has 19 nitrogen and oxygen atoms in total. The predicted molar refractivity (Wildman–Crippen MR) is 422 cm³/mol. The van der Waals surface area contributed by atoms with E-state index in [2.05, 4.69) is 51.8 Å². The van der Waals surface area contributed by atoms with Gasteiger partial charge in [-0.1, -0.05) is 147 Å². The smallest absolute Gasteiger partial charge is 0.320 e. The maximum Gasteiger partial charge on any atom is 0.320 e. The molecule has 3 amide bonds. The number of likely N-dealkylation sites (tertiary alicyclic amines) is 4. The summed E-state index contributed by atoms with van der Waals surface area (Å²) in [5, 5.41) is 11.8. The molecular formula is C90H144N6O13. The highest BCUT2D eigenvalue weighted by atomic mass is 16.4. The number of aliphatic carboxylic acids is 1. The Labute approximate surface area is 654 Å². The van der Waals surface area contributed by atoms with Crippen molar-refractivity contribution < 1.29 is 62.6 Å². The lowest BCUT2D eigenvalue weighted by Crippen LogP contribution is -2.61. The Kier molecular flexibility index (Phi) is 26.9. The fourth-order valence-corrected chi connectivity index (χ4v) is 23.3. The average molecular weight is 1520 g/mol. The molecule has 4 aliphatic heterocycles. The first-order chi connectivity index (χ1) is 51.1. The molecule has 109 heavy (non-hydrogen) atoms. The highest BCUT2D eigenvalue weighted by Crippen LogP contribution is 2.89.